The Balaban J connectivity index is 2.38. The Morgan fingerprint density at radius 1 is 1.40 bits per heavy atom. The Kier molecular flexibility index (Phi) is 2.66. The van der Waals surface area contributed by atoms with Gasteiger partial charge in [0.05, 0.1) is 11.0 Å². The van der Waals surface area contributed by atoms with Gasteiger partial charge in [-0.3, -0.25) is 4.72 Å². The summed E-state index contributed by atoms with van der Waals surface area (Å²) < 4.78 is 24.6. The Morgan fingerprint density at radius 3 is 2.80 bits per heavy atom. The lowest BCUT2D eigenvalue weighted by atomic mass is 10.3. The van der Waals surface area contributed by atoms with Crippen molar-refractivity contribution in [2.45, 2.75) is 0 Å². The van der Waals surface area contributed by atoms with Crippen molar-refractivity contribution >= 4 is 42.9 Å². The molecule has 80 valence electrons. The Labute approximate surface area is 95.1 Å². The van der Waals surface area contributed by atoms with Gasteiger partial charge in [-0.05, 0) is 12.1 Å². The second-order valence-corrected chi connectivity index (χ2v) is 5.95. The predicted molar refractivity (Wildman–Crippen MR) is 62.4 cm³/mol. The van der Waals surface area contributed by atoms with E-state index in [-0.39, 0.29) is 10.6 Å². The maximum atomic E-state index is 11.2. The van der Waals surface area contributed by atoms with Gasteiger partial charge < -0.3 is 4.98 Å². The molecule has 0 aliphatic carbocycles. The summed E-state index contributed by atoms with van der Waals surface area (Å²) in [4.78, 5) is 6.94. The van der Waals surface area contributed by atoms with Crippen molar-refractivity contribution in [2.75, 3.05) is 9.38 Å². The van der Waals surface area contributed by atoms with Crippen LogP contribution in [0.4, 0.5) is 5.95 Å². The molecule has 2 N–H and O–H groups in total. The number of alkyl halides is 1. The smallest absolute Gasteiger partial charge is 0.245 e. The maximum Gasteiger partial charge on any atom is 0.245 e. The Hall–Kier alpha value is -1.08. The van der Waals surface area contributed by atoms with Gasteiger partial charge in [-0.1, -0.05) is 28.1 Å². The third-order valence-electron chi connectivity index (χ3n) is 1.79. The van der Waals surface area contributed by atoms with Crippen LogP contribution in [0.3, 0.4) is 0 Å². The summed E-state index contributed by atoms with van der Waals surface area (Å²) in [5.74, 6) is 0.232. The normalized spacial score (nSPS) is 11.8. The van der Waals surface area contributed by atoms with Crippen molar-refractivity contribution in [3.8, 4) is 0 Å². The minimum absolute atomic E-state index is 0.156. The van der Waals surface area contributed by atoms with Crippen molar-refractivity contribution in [2.24, 2.45) is 0 Å². The van der Waals surface area contributed by atoms with Gasteiger partial charge >= 0.3 is 0 Å². The lowest BCUT2D eigenvalue weighted by Gasteiger charge is -1.99. The number of halogens is 1. The molecule has 5 nitrogen and oxygen atoms in total. The van der Waals surface area contributed by atoms with Crippen LogP contribution in [0.5, 0.6) is 0 Å². The molecule has 2 aromatic rings. The zero-order valence-corrected chi connectivity index (χ0v) is 9.97. The molecule has 1 heterocycles. The van der Waals surface area contributed by atoms with Gasteiger partial charge in [0.15, 0.2) is 0 Å². The lowest BCUT2D eigenvalue weighted by Crippen LogP contribution is -2.14. The van der Waals surface area contributed by atoms with Gasteiger partial charge in [0, 0.05) is 0 Å². The van der Waals surface area contributed by atoms with E-state index < -0.39 is 10.0 Å². The van der Waals surface area contributed by atoms with Gasteiger partial charge in [-0.2, -0.15) is 0 Å². The number of fused-ring (bicyclic) bond motifs is 1. The summed E-state index contributed by atoms with van der Waals surface area (Å²) in [6, 6.07) is 7.32. The number of benzene rings is 1. The molecule has 0 fully saturated rings. The van der Waals surface area contributed by atoms with E-state index in [4.69, 9.17) is 0 Å². The third kappa shape index (κ3) is 2.29. The largest absolute Gasteiger partial charge is 0.323 e. The van der Waals surface area contributed by atoms with Gasteiger partial charge in [0.2, 0.25) is 16.0 Å². The zero-order valence-electron chi connectivity index (χ0n) is 7.57. The summed E-state index contributed by atoms with van der Waals surface area (Å²) in [6.07, 6.45) is 0. The monoisotopic (exact) mass is 289 g/mol. The van der Waals surface area contributed by atoms with Crippen LogP contribution in [0.15, 0.2) is 24.3 Å². The van der Waals surface area contributed by atoms with E-state index in [2.05, 4.69) is 30.6 Å². The van der Waals surface area contributed by atoms with Crippen LogP contribution in [0.1, 0.15) is 0 Å². The van der Waals surface area contributed by atoms with Crippen LogP contribution in [-0.4, -0.2) is 23.0 Å². The van der Waals surface area contributed by atoms with Crippen molar-refractivity contribution in [3.05, 3.63) is 24.3 Å². The number of H-pyrrole nitrogens is 1. The first-order valence-corrected chi connectivity index (χ1v) is 6.89. The summed E-state index contributed by atoms with van der Waals surface area (Å²) in [7, 11) is -3.35. The second-order valence-electron chi connectivity index (χ2n) is 2.93. The van der Waals surface area contributed by atoms with Crippen molar-refractivity contribution in [1.29, 1.82) is 0 Å². The summed E-state index contributed by atoms with van der Waals surface area (Å²) in [5.41, 5.74) is 1.52. The fourth-order valence-electron chi connectivity index (χ4n) is 1.18. The molecular weight excluding hydrogens is 282 g/mol. The topological polar surface area (TPSA) is 74.8 Å². The van der Waals surface area contributed by atoms with E-state index in [1.807, 2.05) is 18.2 Å². The molecule has 7 heteroatoms. The number of anilines is 1. The third-order valence-corrected chi connectivity index (χ3v) is 4.39. The predicted octanol–water partition coefficient (Wildman–Crippen LogP) is 1.66. The molecule has 0 aliphatic rings. The molecule has 0 spiro atoms. The lowest BCUT2D eigenvalue weighted by molar-refractivity contribution is 0.605. The van der Waals surface area contributed by atoms with Gasteiger partial charge in [0.1, 0.15) is 4.66 Å². The van der Waals surface area contributed by atoms with Crippen LogP contribution in [0.25, 0.3) is 11.0 Å². The second kappa shape index (κ2) is 3.82. The molecule has 0 saturated carbocycles. The highest BCUT2D eigenvalue weighted by Gasteiger charge is 2.10. The van der Waals surface area contributed by atoms with Crippen LogP contribution in [-0.2, 0) is 10.0 Å². The molecule has 0 amide bonds. The summed E-state index contributed by atoms with van der Waals surface area (Å²) >= 11 is 2.88. The first-order valence-electron chi connectivity index (χ1n) is 4.12. The maximum absolute atomic E-state index is 11.2. The van der Waals surface area contributed by atoms with Crippen LogP contribution in [0.2, 0.25) is 0 Å². The first-order chi connectivity index (χ1) is 7.11. The van der Waals surface area contributed by atoms with E-state index in [1.54, 1.807) is 6.07 Å². The molecule has 0 radical (unpaired) electrons. The van der Waals surface area contributed by atoms with Gasteiger partial charge in [-0.15, -0.1) is 0 Å². The van der Waals surface area contributed by atoms with Crippen molar-refractivity contribution < 1.29 is 8.42 Å². The van der Waals surface area contributed by atoms with Crippen LogP contribution in [0, 0.1) is 0 Å². The fraction of sp³-hybridized carbons (Fsp3) is 0.125. The number of nitrogens with one attached hydrogen (secondary N) is 2. The molecule has 2 rings (SSSR count). The molecule has 1 aromatic carbocycles. The Morgan fingerprint density at radius 2 is 2.13 bits per heavy atom. The quantitative estimate of drug-likeness (QED) is 0.844. The SMILES string of the molecule is O=S(=O)(CBr)Nc1nc2ccccc2[nH]1. The molecule has 0 unspecified atom stereocenters. The minimum Gasteiger partial charge on any atom is -0.323 e. The number of sulfonamides is 1. The summed E-state index contributed by atoms with van der Waals surface area (Å²) in [5, 5.41) is 0. The van der Waals surface area contributed by atoms with Crippen LogP contribution >= 0.6 is 15.9 Å². The number of hydrogen-bond donors (Lipinski definition) is 2. The molecule has 0 saturated heterocycles. The average molecular weight is 290 g/mol. The number of rotatable bonds is 3. The zero-order chi connectivity index (χ0) is 10.9. The van der Waals surface area contributed by atoms with E-state index >= 15 is 0 Å². The molecular formula is C8H8BrN3O2S. The highest BCUT2D eigenvalue weighted by Crippen LogP contribution is 2.14. The van der Waals surface area contributed by atoms with Crippen molar-refractivity contribution in [1.82, 2.24) is 9.97 Å². The highest BCUT2D eigenvalue weighted by molar-refractivity contribution is 9.10. The number of hydrogen-bond acceptors (Lipinski definition) is 3. The highest BCUT2D eigenvalue weighted by atomic mass is 79.9. The molecule has 0 atom stereocenters. The van der Waals surface area contributed by atoms with E-state index in [0.717, 1.165) is 11.0 Å². The number of nitrogens with zero attached hydrogens (tertiary/aromatic N) is 1. The van der Waals surface area contributed by atoms with Gasteiger partial charge in [-0.25, -0.2) is 13.4 Å². The van der Waals surface area contributed by atoms with E-state index in [0.29, 0.717) is 0 Å². The number of para-hydroxylation sites is 2. The minimum atomic E-state index is -3.35. The fourth-order valence-corrected chi connectivity index (χ4v) is 1.96. The Bertz CT molecular complexity index is 545. The van der Waals surface area contributed by atoms with E-state index in [9.17, 15) is 8.42 Å². The number of imidazole rings is 1. The standard InChI is InChI=1S/C8H8BrN3O2S/c9-5-15(13,14)12-8-10-6-3-1-2-4-7(6)11-8/h1-4H,5H2,(H2,10,11,12). The average Bonchev–Trinajstić information content (AvgIpc) is 2.58. The number of aromatic nitrogens is 2. The number of aromatic amines is 1. The molecule has 1 aromatic heterocycles. The molecule has 0 bridgehead atoms. The van der Waals surface area contributed by atoms with E-state index in [1.165, 1.54) is 0 Å². The molecule has 0 aliphatic heterocycles. The summed E-state index contributed by atoms with van der Waals surface area (Å²) in [6.45, 7) is 0. The molecule has 15 heavy (non-hydrogen) atoms. The van der Waals surface area contributed by atoms with Gasteiger partial charge in [0.25, 0.3) is 0 Å². The van der Waals surface area contributed by atoms with Crippen LogP contribution < -0.4 is 4.72 Å². The van der Waals surface area contributed by atoms with Crippen molar-refractivity contribution in [3.63, 3.8) is 0 Å². The first kappa shape index (κ1) is 10.4.